The molecule has 0 bridgehead atoms. The van der Waals surface area contributed by atoms with Gasteiger partial charge in [-0.25, -0.2) is 9.18 Å². The number of aromatic hydroxyl groups is 1. The quantitative estimate of drug-likeness (QED) is 0.234. The molecule has 1 unspecified atom stereocenters. The fraction of sp³-hybridized carbons (Fsp3) is 0.474. The molecular weight excluding hydrogens is 625 g/mol. The van der Waals surface area contributed by atoms with Crippen molar-refractivity contribution in [2.45, 2.75) is 72.0 Å². The number of aryl methyl sites for hydroxylation is 1. The number of carbonyl (C=O) groups excluding carboxylic acids is 2. The van der Waals surface area contributed by atoms with E-state index in [0.717, 1.165) is 5.56 Å². The zero-order chi connectivity index (χ0) is 35.1. The van der Waals surface area contributed by atoms with Gasteiger partial charge >= 0.3 is 6.09 Å². The van der Waals surface area contributed by atoms with E-state index in [4.69, 9.17) is 9.47 Å². The van der Waals surface area contributed by atoms with E-state index in [9.17, 15) is 14.7 Å². The molecule has 4 heterocycles. The first-order valence-corrected chi connectivity index (χ1v) is 17.0. The average Bonchev–Trinajstić information content (AvgIpc) is 3.39. The fourth-order valence-electron chi connectivity index (χ4n) is 7.21. The number of aromatic nitrogens is 3. The summed E-state index contributed by atoms with van der Waals surface area (Å²) in [6.07, 6.45) is 1.52. The predicted octanol–water partition coefficient (Wildman–Crippen LogP) is 7.05. The number of halogens is 1. The number of pyridine rings is 1. The number of carbonyl (C=O) groups is 2. The van der Waals surface area contributed by atoms with Gasteiger partial charge in [0.2, 0.25) is 17.7 Å². The molecular formula is C38H46FN5O5. The van der Waals surface area contributed by atoms with Crippen LogP contribution in [0.3, 0.4) is 0 Å². The highest BCUT2D eigenvalue weighted by Gasteiger charge is 2.44. The number of piperidine rings is 2. The van der Waals surface area contributed by atoms with Gasteiger partial charge < -0.3 is 24.4 Å². The van der Waals surface area contributed by atoms with Crippen LogP contribution in [0.4, 0.5) is 9.18 Å². The van der Waals surface area contributed by atoms with Crippen LogP contribution in [0, 0.1) is 17.2 Å². The number of benzene rings is 2. The van der Waals surface area contributed by atoms with Crippen LogP contribution in [0.25, 0.3) is 22.2 Å². The number of likely N-dealkylation sites (tertiary alicyclic amines) is 2. The van der Waals surface area contributed by atoms with Crippen molar-refractivity contribution < 1.29 is 28.6 Å². The smallest absolute Gasteiger partial charge is 0.410 e. The Morgan fingerprint density at radius 3 is 2.33 bits per heavy atom. The summed E-state index contributed by atoms with van der Waals surface area (Å²) in [7, 11) is 1.69. The van der Waals surface area contributed by atoms with E-state index in [0.29, 0.717) is 79.8 Å². The predicted molar refractivity (Wildman–Crippen MR) is 185 cm³/mol. The normalized spacial score (nSPS) is 18.5. The van der Waals surface area contributed by atoms with Gasteiger partial charge in [-0.05, 0) is 68.6 Å². The summed E-state index contributed by atoms with van der Waals surface area (Å²) < 4.78 is 29.1. The second-order valence-electron chi connectivity index (χ2n) is 15.0. The van der Waals surface area contributed by atoms with Gasteiger partial charge in [-0.1, -0.05) is 56.3 Å². The fourth-order valence-corrected chi connectivity index (χ4v) is 7.21. The lowest BCUT2D eigenvalue weighted by atomic mass is 9.73. The van der Waals surface area contributed by atoms with Crippen molar-refractivity contribution in [1.29, 1.82) is 0 Å². The zero-order valence-corrected chi connectivity index (χ0v) is 29.2. The molecule has 49 heavy (non-hydrogen) atoms. The second-order valence-corrected chi connectivity index (χ2v) is 15.0. The Morgan fingerprint density at radius 2 is 1.67 bits per heavy atom. The Labute approximate surface area is 286 Å². The minimum atomic E-state index is -0.577. The largest absolute Gasteiger partial charge is 0.493 e. The topological polar surface area (TPSA) is 110 Å². The van der Waals surface area contributed by atoms with Gasteiger partial charge in [0.15, 0.2) is 5.82 Å². The van der Waals surface area contributed by atoms with Crippen molar-refractivity contribution in [1.82, 2.24) is 24.6 Å². The van der Waals surface area contributed by atoms with Crippen LogP contribution in [0.1, 0.15) is 70.9 Å². The van der Waals surface area contributed by atoms with Gasteiger partial charge in [0, 0.05) is 50.6 Å². The highest BCUT2D eigenvalue weighted by Crippen LogP contribution is 2.41. The standard InChI is InChI=1S/C38H46FN5O5/c1-37(2,3)49-36(47)44-21-18-29(38(4,5)23-44)35(46)43-19-16-25(17-20-43)26-12-13-27-32(41-42(6)33(27)31(26)39)28-14-15-30(40-34(28)45)48-22-24-10-8-7-9-11-24/h7-15,25,29H,16-23H2,1-6H3,(H,40,45). The third kappa shape index (κ3) is 7.21. The third-order valence-corrected chi connectivity index (χ3v) is 9.73. The van der Waals surface area contributed by atoms with Gasteiger partial charge in [0.05, 0.1) is 5.56 Å². The second kappa shape index (κ2) is 13.3. The molecule has 260 valence electrons. The summed E-state index contributed by atoms with van der Waals surface area (Å²) in [6, 6.07) is 16.7. The SMILES string of the molecule is Cn1nc(-c2ccc(OCc3ccccc3)nc2O)c2ccc(C3CCN(C(=O)C4CCN(C(=O)OC(C)(C)C)CC4(C)C)CC3)c(F)c21. The Balaban J connectivity index is 1.12. The number of fused-ring (bicyclic) bond motifs is 1. The van der Waals surface area contributed by atoms with Crippen molar-refractivity contribution in [2.75, 3.05) is 26.2 Å². The van der Waals surface area contributed by atoms with Gasteiger partial charge in [-0.2, -0.15) is 10.1 Å². The molecule has 2 aromatic carbocycles. The van der Waals surface area contributed by atoms with Crippen LogP contribution in [-0.2, 0) is 23.2 Å². The van der Waals surface area contributed by atoms with Crippen LogP contribution >= 0.6 is 0 Å². The number of amides is 2. The molecule has 6 rings (SSSR count). The van der Waals surface area contributed by atoms with Crippen LogP contribution in [-0.4, -0.2) is 73.5 Å². The van der Waals surface area contributed by atoms with Crippen LogP contribution < -0.4 is 4.74 Å². The molecule has 2 saturated heterocycles. The average molecular weight is 672 g/mol. The van der Waals surface area contributed by atoms with E-state index in [1.165, 1.54) is 4.68 Å². The number of hydrogen-bond acceptors (Lipinski definition) is 7. The van der Waals surface area contributed by atoms with Gasteiger partial charge in [0.25, 0.3) is 0 Å². The van der Waals surface area contributed by atoms with E-state index in [-0.39, 0.29) is 41.4 Å². The Bertz CT molecular complexity index is 1840. The molecule has 1 atom stereocenters. The molecule has 2 aromatic heterocycles. The number of nitrogens with zero attached hydrogens (tertiary/aromatic N) is 5. The maximum atomic E-state index is 16.2. The Morgan fingerprint density at radius 1 is 0.980 bits per heavy atom. The first kappa shape index (κ1) is 34.2. The van der Waals surface area contributed by atoms with E-state index in [2.05, 4.69) is 10.1 Å². The Hall–Kier alpha value is -4.67. The molecule has 10 nitrogen and oxygen atoms in total. The number of hydrogen-bond donors (Lipinski definition) is 1. The molecule has 0 radical (unpaired) electrons. The van der Waals surface area contributed by atoms with Crippen molar-refractivity contribution in [3.63, 3.8) is 0 Å². The maximum absolute atomic E-state index is 16.2. The minimum absolute atomic E-state index is 0.0510. The first-order chi connectivity index (χ1) is 23.2. The third-order valence-electron chi connectivity index (χ3n) is 9.73. The van der Waals surface area contributed by atoms with Gasteiger partial charge in [-0.15, -0.1) is 0 Å². The molecule has 1 N–H and O–H groups in total. The number of rotatable bonds is 6. The summed E-state index contributed by atoms with van der Waals surface area (Å²) in [4.78, 5) is 34.3. The van der Waals surface area contributed by atoms with Gasteiger partial charge in [-0.3, -0.25) is 9.48 Å². The van der Waals surface area contributed by atoms with Gasteiger partial charge in [0.1, 0.15) is 23.4 Å². The molecule has 2 aliphatic heterocycles. The zero-order valence-electron chi connectivity index (χ0n) is 29.2. The highest BCUT2D eigenvalue weighted by atomic mass is 19.1. The summed E-state index contributed by atoms with van der Waals surface area (Å²) in [6.45, 7) is 11.9. The molecule has 11 heteroatoms. The summed E-state index contributed by atoms with van der Waals surface area (Å²) >= 11 is 0. The molecule has 0 spiro atoms. The minimum Gasteiger partial charge on any atom is -0.493 e. The highest BCUT2D eigenvalue weighted by molar-refractivity contribution is 5.95. The van der Waals surface area contributed by atoms with Crippen molar-refractivity contribution >= 4 is 22.9 Å². The van der Waals surface area contributed by atoms with Crippen LogP contribution in [0.15, 0.2) is 54.6 Å². The molecule has 2 amide bonds. The van der Waals surface area contributed by atoms with Crippen LogP contribution in [0.5, 0.6) is 11.8 Å². The number of ether oxygens (including phenoxy) is 2. The maximum Gasteiger partial charge on any atom is 0.410 e. The Kier molecular flexibility index (Phi) is 9.30. The van der Waals surface area contributed by atoms with Crippen molar-refractivity contribution in [3.05, 3.63) is 71.5 Å². The summed E-state index contributed by atoms with van der Waals surface area (Å²) in [5, 5.41) is 16.0. The molecule has 4 aromatic rings. The van der Waals surface area contributed by atoms with Crippen molar-refractivity contribution in [2.24, 2.45) is 18.4 Å². The van der Waals surface area contributed by atoms with E-state index in [1.807, 2.05) is 82.0 Å². The summed E-state index contributed by atoms with van der Waals surface area (Å²) in [5.41, 5.74) is 1.78. The summed E-state index contributed by atoms with van der Waals surface area (Å²) in [5.74, 6) is -0.466. The lowest BCUT2D eigenvalue weighted by molar-refractivity contribution is -0.143. The van der Waals surface area contributed by atoms with Crippen molar-refractivity contribution in [3.8, 4) is 23.0 Å². The monoisotopic (exact) mass is 671 g/mol. The van der Waals surface area contributed by atoms with Crippen LogP contribution in [0.2, 0.25) is 0 Å². The molecule has 0 aliphatic carbocycles. The molecule has 2 aliphatic rings. The molecule has 0 saturated carbocycles. The molecule has 2 fully saturated rings. The lowest BCUT2D eigenvalue weighted by Gasteiger charge is -2.45. The van der Waals surface area contributed by atoms with E-state index >= 15 is 4.39 Å². The van der Waals surface area contributed by atoms with E-state index < -0.39 is 11.0 Å². The first-order valence-electron chi connectivity index (χ1n) is 17.0. The lowest BCUT2D eigenvalue weighted by Crippen LogP contribution is -2.54. The van der Waals surface area contributed by atoms with E-state index in [1.54, 1.807) is 24.1 Å².